The predicted molar refractivity (Wildman–Crippen MR) is 167 cm³/mol. The molecule has 0 spiro atoms. The quantitative estimate of drug-likeness (QED) is 0.152. The van der Waals surface area contributed by atoms with Crippen LogP contribution in [0.4, 0.5) is 4.79 Å². The molecular formula is C34H45NO5Si. The minimum Gasteiger partial charge on any atom is -0.459 e. The molecular weight excluding hydrogens is 530 g/mol. The van der Waals surface area contributed by atoms with Crippen LogP contribution in [0, 0.1) is 0 Å². The van der Waals surface area contributed by atoms with Crippen LogP contribution in [0.3, 0.4) is 0 Å². The van der Waals surface area contributed by atoms with Crippen molar-refractivity contribution in [3.05, 3.63) is 96.6 Å². The monoisotopic (exact) mass is 575 g/mol. The average Bonchev–Trinajstić information content (AvgIpc) is 2.93. The molecule has 0 bridgehead atoms. The maximum absolute atomic E-state index is 13.3. The first kappa shape index (κ1) is 32.1. The van der Waals surface area contributed by atoms with E-state index in [-0.39, 0.29) is 11.6 Å². The number of nitrogens with zero attached hydrogens (tertiary/aromatic N) is 1. The largest absolute Gasteiger partial charge is 0.459 e. The van der Waals surface area contributed by atoms with Crippen LogP contribution < -0.4 is 10.4 Å². The maximum atomic E-state index is 13.3. The number of likely N-dealkylation sites (N-methyl/N-ethyl adjacent to an activating group) is 1. The summed E-state index contributed by atoms with van der Waals surface area (Å²) in [5.74, 6) is -0.465. The summed E-state index contributed by atoms with van der Waals surface area (Å²) in [4.78, 5) is 27.6. The summed E-state index contributed by atoms with van der Waals surface area (Å²) < 4.78 is 18.2. The zero-order chi connectivity index (χ0) is 30.1. The fourth-order valence-electron chi connectivity index (χ4n) is 5.02. The van der Waals surface area contributed by atoms with Crippen molar-refractivity contribution in [2.45, 2.75) is 77.7 Å². The summed E-state index contributed by atoms with van der Waals surface area (Å²) in [7, 11) is -1.12. The van der Waals surface area contributed by atoms with Gasteiger partial charge in [-0.2, -0.15) is 0 Å². The van der Waals surface area contributed by atoms with Crippen LogP contribution in [-0.4, -0.2) is 50.6 Å². The first-order valence-electron chi connectivity index (χ1n) is 14.3. The fraction of sp³-hybridized carbons (Fsp3) is 0.412. The molecule has 0 saturated carbocycles. The number of amides is 1. The van der Waals surface area contributed by atoms with Crippen LogP contribution in [0.2, 0.25) is 5.04 Å². The van der Waals surface area contributed by atoms with E-state index in [0.717, 1.165) is 5.56 Å². The molecule has 0 unspecified atom stereocenters. The van der Waals surface area contributed by atoms with Crippen LogP contribution in [0.5, 0.6) is 0 Å². The number of rotatable bonds is 11. The van der Waals surface area contributed by atoms with Crippen molar-refractivity contribution in [1.29, 1.82) is 0 Å². The molecule has 0 aliphatic carbocycles. The number of carbonyl (C=O) groups is 2. The zero-order valence-electron chi connectivity index (χ0n) is 25.6. The van der Waals surface area contributed by atoms with Gasteiger partial charge in [-0.3, -0.25) is 4.90 Å². The Labute approximate surface area is 246 Å². The third-order valence-corrected chi connectivity index (χ3v) is 12.0. The van der Waals surface area contributed by atoms with E-state index < -0.39 is 32.0 Å². The molecule has 0 fully saturated rings. The molecule has 1 atom stereocenters. The van der Waals surface area contributed by atoms with Crippen molar-refractivity contribution in [3.8, 4) is 0 Å². The molecule has 0 heterocycles. The second-order valence-electron chi connectivity index (χ2n) is 12.4. The van der Waals surface area contributed by atoms with Gasteiger partial charge in [0.25, 0.3) is 8.32 Å². The maximum Gasteiger partial charge on any atom is 0.410 e. The Kier molecular flexibility index (Phi) is 10.9. The zero-order valence-corrected chi connectivity index (χ0v) is 26.6. The first-order chi connectivity index (χ1) is 19.3. The van der Waals surface area contributed by atoms with Gasteiger partial charge in [-0.1, -0.05) is 112 Å². The first-order valence-corrected chi connectivity index (χ1v) is 16.2. The summed E-state index contributed by atoms with van der Waals surface area (Å²) in [6.45, 7) is 12.7. The highest BCUT2D eigenvalue weighted by molar-refractivity contribution is 6.99. The van der Waals surface area contributed by atoms with Crippen LogP contribution >= 0.6 is 0 Å². The lowest BCUT2D eigenvalue weighted by Crippen LogP contribution is -2.66. The highest BCUT2D eigenvalue weighted by Crippen LogP contribution is 2.37. The van der Waals surface area contributed by atoms with Gasteiger partial charge in [0.15, 0.2) is 0 Å². The molecule has 0 aromatic heterocycles. The van der Waals surface area contributed by atoms with E-state index >= 15 is 0 Å². The number of ether oxygens (including phenoxy) is 2. The lowest BCUT2D eigenvalue weighted by atomic mass is 10.1. The number of hydrogen-bond donors (Lipinski definition) is 0. The van der Waals surface area contributed by atoms with Gasteiger partial charge in [-0.05, 0) is 54.6 Å². The number of esters is 1. The molecule has 0 aliphatic heterocycles. The van der Waals surface area contributed by atoms with Crippen LogP contribution in [-0.2, 0) is 25.3 Å². The third-order valence-electron chi connectivity index (χ3n) is 7.00. The molecule has 0 N–H and O–H groups in total. The molecule has 3 rings (SSSR count). The fourth-order valence-corrected chi connectivity index (χ4v) is 9.63. The lowest BCUT2D eigenvalue weighted by molar-refractivity contribution is -0.151. The van der Waals surface area contributed by atoms with Crippen molar-refractivity contribution >= 4 is 30.8 Å². The van der Waals surface area contributed by atoms with Crippen LogP contribution in [0.1, 0.15) is 59.9 Å². The molecule has 6 nitrogen and oxygen atoms in total. The molecule has 0 saturated heterocycles. The van der Waals surface area contributed by atoms with E-state index in [1.807, 2.05) is 42.5 Å². The summed E-state index contributed by atoms with van der Waals surface area (Å²) in [5.41, 5.74) is 0.200. The number of hydrogen-bond acceptors (Lipinski definition) is 5. The van der Waals surface area contributed by atoms with Crippen molar-refractivity contribution in [3.63, 3.8) is 0 Å². The Morgan fingerprint density at radius 1 is 0.780 bits per heavy atom. The molecule has 3 aromatic carbocycles. The Bertz CT molecular complexity index is 1200. The van der Waals surface area contributed by atoms with Gasteiger partial charge in [-0.25, -0.2) is 9.59 Å². The van der Waals surface area contributed by atoms with Crippen molar-refractivity contribution < 1.29 is 23.5 Å². The number of carbonyl (C=O) groups excluding carboxylic acids is 2. The van der Waals surface area contributed by atoms with Gasteiger partial charge in [0.1, 0.15) is 18.2 Å². The summed E-state index contributed by atoms with van der Waals surface area (Å²) in [6, 6.07) is 29.6. The highest BCUT2D eigenvalue weighted by atomic mass is 28.4. The summed E-state index contributed by atoms with van der Waals surface area (Å²) in [6.07, 6.45) is 0.372. The number of benzene rings is 3. The molecule has 3 aromatic rings. The minimum absolute atomic E-state index is 0.136. The van der Waals surface area contributed by atoms with E-state index in [2.05, 4.69) is 69.3 Å². The van der Waals surface area contributed by atoms with Crippen LogP contribution in [0.25, 0.3) is 0 Å². The van der Waals surface area contributed by atoms with Crippen LogP contribution in [0.15, 0.2) is 91.0 Å². The SMILES string of the molecule is CN(C(=O)OC(C)(C)C)[C@H](CCCO[Si](c1ccccc1)(c1ccccc1)C(C)(C)C)C(=O)OCc1ccccc1. The van der Waals surface area contributed by atoms with Gasteiger partial charge in [0.2, 0.25) is 0 Å². The lowest BCUT2D eigenvalue weighted by Gasteiger charge is -2.43. The summed E-state index contributed by atoms with van der Waals surface area (Å²) in [5, 5.41) is 2.24. The van der Waals surface area contributed by atoms with E-state index in [1.54, 1.807) is 27.8 Å². The van der Waals surface area contributed by atoms with Gasteiger partial charge in [0, 0.05) is 13.7 Å². The van der Waals surface area contributed by atoms with E-state index in [0.29, 0.717) is 19.4 Å². The highest BCUT2D eigenvalue weighted by Gasteiger charge is 2.50. The Hall–Kier alpha value is -3.42. The Morgan fingerprint density at radius 2 is 1.27 bits per heavy atom. The topological polar surface area (TPSA) is 65.1 Å². The Balaban J connectivity index is 1.81. The molecule has 7 heteroatoms. The second kappa shape index (κ2) is 14.0. The molecule has 0 radical (unpaired) electrons. The molecule has 220 valence electrons. The average molecular weight is 576 g/mol. The van der Waals surface area contributed by atoms with Gasteiger partial charge in [0.05, 0.1) is 0 Å². The van der Waals surface area contributed by atoms with E-state index in [4.69, 9.17) is 13.9 Å². The normalized spacial score (nSPS) is 12.9. The second-order valence-corrected chi connectivity index (χ2v) is 16.7. The molecule has 1 amide bonds. The van der Waals surface area contributed by atoms with E-state index in [9.17, 15) is 9.59 Å². The standard InChI is InChI=1S/C34H45NO5Si/c1-33(2,3)40-32(37)35(7)30(31(36)38-26-27-18-11-8-12-19-27)24-17-25-39-41(34(4,5)6,28-20-13-9-14-21-28)29-22-15-10-16-23-29/h8-16,18-23,30H,17,24-26H2,1-7H3/t30-/m1/s1. The van der Waals surface area contributed by atoms with E-state index in [1.165, 1.54) is 15.3 Å². The molecule has 0 aliphatic rings. The Morgan fingerprint density at radius 3 is 1.73 bits per heavy atom. The smallest absolute Gasteiger partial charge is 0.410 e. The minimum atomic E-state index is -2.71. The van der Waals surface area contributed by atoms with Crippen molar-refractivity contribution in [2.24, 2.45) is 0 Å². The molecule has 41 heavy (non-hydrogen) atoms. The van der Waals surface area contributed by atoms with Crippen molar-refractivity contribution in [2.75, 3.05) is 13.7 Å². The third kappa shape index (κ3) is 8.54. The van der Waals surface area contributed by atoms with Gasteiger partial charge >= 0.3 is 12.1 Å². The van der Waals surface area contributed by atoms with Gasteiger partial charge in [-0.15, -0.1) is 0 Å². The summed E-state index contributed by atoms with van der Waals surface area (Å²) >= 11 is 0. The van der Waals surface area contributed by atoms with Crippen molar-refractivity contribution in [1.82, 2.24) is 4.90 Å². The van der Waals surface area contributed by atoms with Gasteiger partial charge < -0.3 is 13.9 Å². The predicted octanol–water partition coefficient (Wildman–Crippen LogP) is 6.32.